The van der Waals surface area contributed by atoms with Gasteiger partial charge in [-0.25, -0.2) is 4.79 Å². The lowest BCUT2D eigenvalue weighted by molar-refractivity contribution is -0.151. The molecule has 0 spiro atoms. The van der Waals surface area contributed by atoms with Gasteiger partial charge in [0.1, 0.15) is 29.3 Å². The second-order valence-electron chi connectivity index (χ2n) is 18.9. The van der Waals surface area contributed by atoms with Crippen molar-refractivity contribution in [1.29, 1.82) is 0 Å². The summed E-state index contributed by atoms with van der Waals surface area (Å²) in [6.07, 6.45) is 1.88. The quantitative estimate of drug-likeness (QED) is 0.0428. The molecule has 1 fully saturated rings. The molecule has 0 radical (unpaired) electrons. The van der Waals surface area contributed by atoms with Gasteiger partial charge in [0.05, 0.1) is 25.9 Å². The molecule has 1 saturated heterocycles. The molecule has 1 N–H and O–H groups in total. The van der Waals surface area contributed by atoms with E-state index in [1.165, 1.54) is 17.5 Å². The van der Waals surface area contributed by atoms with Crippen LogP contribution in [0.5, 0.6) is 11.5 Å². The summed E-state index contributed by atoms with van der Waals surface area (Å²) in [6, 6.07) is 35.7. The third-order valence-electron chi connectivity index (χ3n) is 11.2. The first-order valence-corrected chi connectivity index (χ1v) is 27.5. The fraction of sp³-hybridized carbons (Fsp3) is 0.442. The van der Waals surface area contributed by atoms with Crippen LogP contribution in [-0.2, 0) is 29.8 Å². The first-order valence-electron chi connectivity index (χ1n) is 21.9. The minimum atomic E-state index is -2.92. The molecule has 1 aliphatic rings. The Morgan fingerprint density at radius 3 is 2.05 bits per heavy atom. The standard InChI is InChI=1S/C52H68O9Si2/c1-38(61-63(51(2,3)4,43-25-17-13-18-26-43)44-27-19-14-20-28-44)40(34-39-22-15-12-16-23-39)30-31-45(53)49-46(59-52(5,6)60-49)29-21-24-41-35-42(56-8)36-47(58-37-55-7)48(41)50(54)57-32-33-62(9,10)11/h12-28,35-36,38,40,45-46,49,53H,29,32-34,37H2,1-11H3/t38-,40?,45?,46-,49+/m0/s1. The first kappa shape index (κ1) is 49.5. The molecule has 63 heavy (non-hydrogen) atoms. The van der Waals surface area contributed by atoms with Gasteiger partial charge in [-0.1, -0.05) is 155 Å². The maximum absolute atomic E-state index is 13.6. The van der Waals surface area contributed by atoms with E-state index in [0.717, 1.165) is 11.6 Å². The number of carbonyl (C=O) groups excluding carboxylic acids is 1. The zero-order chi connectivity index (χ0) is 45.8. The van der Waals surface area contributed by atoms with Gasteiger partial charge in [0, 0.05) is 27.2 Å². The molecule has 4 aromatic carbocycles. The summed E-state index contributed by atoms with van der Waals surface area (Å²) in [5.74, 6) is 5.75. The fourth-order valence-electron chi connectivity index (χ4n) is 8.01. The summed E-state index contributed by atoms with van der Waals surface area (Å²) in [4.78, 5) is 13.6. The van der Waals surface area contributed by atoms with E-state index in [9.17, 15) is 9.90 Å². The van der Waals surface area contributed by atoms with Crippen LogP contribution in [0.3, 0.4) is 0 Å². The van der Waals surface area contributed by atoms with E-state index in [1.807, 2.05) is 56.3 Å². The Kier molecular flexibility index (Phi) is 17.2. The first-order chi connectivity index (χ1) is 29.9. The average Bonchev–Trinajstić information content (AvgIpc) is 3.56. The summed E-state index contributed by atoms with van der Waals surface area (Å²) < 4.78 is 42.7. The summed E-state index contributed by atoms with van der Waals surface area (Å²) in [5.41, 5.74) is 1.94. The molecule has 9 nitrogen and oxygen atoms in total. The topological polar surface area (TPSA) is 102 Å². The molecule has 338 valence electrons. The van der Waals surface area contributed by atoms with Crippen molar-refractivity contribution in [3.63, 3.8) is 0 Å². The summed E-state index contributed by atoms with van der Waals surface area (Å²) in [5, 5.41) is 14.0. The normalized spacial score (nSPS) is 18.0. The van der Waals surface area contributed by atoms with Crippen molar-refractivity contribution >= 4 is 38.8 Å². The van der Waals surface area contributed by atoms with Gasteiger partial charge < -0.3 is 38.0 Å². The Balaban J connectivity index is 1.45. The van der Waals surface area contributed by atoms with Crippen molar-refractivity contribution in [3.8, 4) is 23.3 Å². The molecule has 0 bridgehead atoms. The van der Waals surface area contributed by atoms with Crippen molar-refractivity contribution in [2.45, 2.75) is 115 Å². The summed E-state index contributed by atoms with van der Waals surface area (Å²) in [7, 11) is -1.30. The number of benzene rings is 4. The highest BCUT2D eigenvalue weighted by Crippen LogP contribution is 2.39. The van der Waals surface area contributed by atoms with E-state index in [0.29, 0.717) is 30.8 Å². The van der Waals surface area contributed by atoms with E-state index < -0.39 is 46.5 Å². The zero-order valence-corrected chi connectivity index (χ0v) is 41.1. The minimum absolute atomic E-state index is 0.0645. The van der Waals surface area contributed by atoms with E-state index in [2.05, 4.69) is 120 Å². The van der Waals surface area contributed by atoms with Gasteiger partial charge in [-0.15, -0.1) is 0 Å². The molecule has 11 heteroatoms. The molecule has 4 aromatic rings. The maximum atomic E-state index is 13.6. The van der Waals surface area contributed by atoms with Gasteiger partial charge >= 0.3 is 5.97 Å². The Morgan fingerprint density at radius 2 is 1.49 bits per heavy atom. The molecular weight excluding hydrogens is 825 g/mol. The highest BCUT2D eigenvalue weighted by molar-refractivity contribution is 6.99. The van der Waals surface area contributed by atoms with Gasteiger partial charge in [0.2, 0.25) is 0 Å². The molecule has 1 heterocycles. The van der Waals surface area contributed by atoms with E-state index in [4.69, 9.17) is 32.8 Å². The lowest BCUT2D eigenvalue weighted by Crippen LogP contribution is -2.68. The van der Waals surface area contributed by atoms with Crippen LogP contribution in [0, 0.1) is 17.8 Å². The smallest absolute Gasteiger partial charge is 0.342 e. The number of hydrogen-bond acceptors (Lipinski definition) is 9. The monoisotopic (exact) mass is 892 g/mol. The van der Waals surface area contributed by atoms with Crippen LogP contribution in [0.1, 0.15) is 69.4 Å². The zero-order valence-electron chi connectivity index (χ0n) is 39.1. The lowest BCUT2D eigenvalue weighted by atomic mass is 9.94. The predicted octanol–water partition coefficient (Wildman–Crippen LogP) is 9.28. The SMILES string of the molecule is COCOc1cc(OC)cc(C=CC[C@@H]2OC(C)(C)O[C@@H]2C(O)C#CC(Cc2ccccc2)[C@H](C)O[Si](c2ccccc2)(c2ccccc2)C(C)(C)C)c1C(=O)OCC[Si](C)(C)C. The van der Waals surface area contributed by atoms with Crippen LogP contribution in [-0.4, -0.2) is 85.3 Å². The molecule has 0 amide bonds. The second kappa shape index (κ2) is 21.9. The number of aliphatic hydroxyl groups is 1. The Labute approximate surface area is 378 Å². The van der Waals surface area contributed by atoms with E-state index >= 15 is 0 Å². The number of ether oxygens (including phenoxy) is 6. The number of methoxy groups -OCH3 is 2. The highest BCUT2D eigenvalue weighted by atomic mass is 28.4. The number of hydrogen-bond donors (Lipinski definition) is 1. The van der Waals surface area contributed by atoms with Crippen molar-refractivity contribution in [2.24, 2.45) is 5.92 Å². The summed E-state index contributed by atoms with van der Waals surface area (Å²) >= 11 is 0. The van der Waals surface area contributed by atoms with Crippen LogP contribution in [0.4, 0.5) is 0 Å². The van der Waals surface area contributed by atoms with Crippen molar-refractivity contribution in [2.75, 3.05) is 27.6 Å². The molecule has 5 rings (SSSR count). The van der Waals surface area contributed by atoms with Gasteiger partial charge in [0.25, 0.3) is 8.32 Å². The number of carbonyl (C=O) groups is 1. The lowest BCUT2D eigenvalue weighted by Gasteiger charge is -2.45. The van der Waals surface area contributed by atoms with Crippen molar-refractivity contribution in [3.05, 3.63) is 126 Å². The molecule has 5 atom stereocenters. The molecule has 2 unspecified atom stereocenters. The molecule has 0 aromatic heterocycles. The van der Waals surface area contributed by atoms with Crippen molar-refractivity contribution in [1.82, 2.24) is 0 Å². The molecule has 1 aliphatic heterocycles. The number of rotatable bonds is 19. The van der Waals surface area contributed by atoms with Gasteiger partial charge in [-0.05, 0) is 72.3 Å². The van der Waals surface area contributed by atoms with Crippen LogP contribution in [0.15, 0.2) is 109 Å². The van der Waals surface area contributed by atoms with Gasteiger partial charge in [-0.2, -0.15) is 0 Å². The largest absolute Gasteiger partial charge is 0.497 e. The number of esters is 1. The van der Waals surface area contributed by atoms with Crippen LogP contribution >= 0.6 is 0 Å². The number of aliphatic hydroxyl groups excluding tert-OH is 1. The maximum Gasteiger partial charge on any atom is 0.342 e. The Hall–Kier alpha value is -4.52. The van der Waals surface area contributed by atoms with Gasteiger partial charge in [-0.3, -0.25) is 0 Å². The second-order valence-corrected chi connectivity index (χ2v) is 28.8. The fourth-order valence-corrected chi connectivity index (χ4v) is 13.5. The Morgan fingerprint density at radius 1 is 0.889 bits per heavy atom. The van der Waals surface area contributed by atoms with Crippen molar-refractivity contribution < 1.29 is 42.7 Å². The predicted molar refractivity (Wildman–Crippen MR) is 257 cm³/mol. The third-order valence-corrected chi connectivity index (χ3v) is 18.1. The van der Waals surface area contributed by atoms with Crippen LogP contribution in [0.25, 0.3) is 6.08 Å². The summed E-state index contributed by atoms with van der Waals surface area (Å²) in [6.45, 7) is 19.5. The van der Waals surface area contributed by atoms with E-state index in [-0.39, 0.29) is 35.2 Å². The van der Waals surface area contributed by atoms with E-state index in [1.54, 1.807) is 19.2 Å². The Bertz CT molecular complexity index is 2110. The molecule has 0 aliphatic carbocycles. The molecule has 0 saturated carbocycles. The highest BCUT2D eigenvalue weighted by Gasteiger charge is 2.51. The van der Waals surface area contributed by atoms with Crippen LogP contribution in [0.2, 0.25) is 30.7 Å². The van der Waals surface area contributed by atoms with Gasteiger partial charge in [0.15, 0.2) is 12.6 Å². The third kappa shape index (κ3) is 13.3. The minimum Gasteiger partial charge on any atom is -0.497 e. The van der Waals surface area contributed by atoms with Crippen LogP contribution < -0.4 is 19.8 Å². The average molecular weight is 893 g/mol. The molecular formula is C52H68O9Si2.